The van der Waals surface area contributed by atoms with Crippen LogP contribution in [0.4, 0.5) is 10.2 Å². The van der Waals surface area contributed by atoms with E-state index in [-0.39, 0.29) is 5.82 Å². The number of aromatic nitrogens is 4. The van der Waals surface area contributed by atoms with E-state index in [0.29, 0.717) is 23.3 Å². The van der Waals surface area contributed by atoms with Crippen LogP contribution in [-0.4, -0.2) is 20.2 Å². The van der Waals surface area contributed by atoms with Gasteiger partial charge in [-0.05, 0) is 26.0 Å². The van der Waals surface area contributed by atoms with E-state index in [1.807, 2.05) is 13.8 Å². The van der Waals surface area contributed by atoms with Gasteiger partial charge >= 0.3 is 0 Å². The minimum atomic E-state index is -0.344. The molecule has 0 aliphatic heterocycles. The first-order chi connectivity index (χ1) is 9.66. The number of H-pyrrole nitrogens is 1. The van der Waals surface area contributed by atoms with Gasteiger partial charge in [-0.25, -0.2) is 14.4 Å². The van der Waals surface area contributed by atoms with Crippen LogP contribution in [0.25, 0.3) is 10.9 Å². The molecule has 0 saturated heterocycles. The van der Waals surface area contributed by atoms with Crippen LogP contribution < -0.4 is 5.32 Å². The predicted octanol–water partition coefficient (Wildman–Crippen LogP) is 2.72. The second-order valence-electron chi connectivity index (χ2n) is 4.62. The van der Waals surface area contributed by atoms with Crippen LogP contribution in [0.2, 0.25) is 0 Å². The van der Waals surface area contributed by atoms with Crippen LogP contribution in [0, 0.1) is 19.7 Å². The molecule has 0 unspecified atom stereocenters. The number of rotatable bonds is 3. The normalized spacial score (nSPS) is 10.9. The van der Waals surface area contributed by atoms with E-state index in [1.165, 1.54) is 12.4 Å². The van der Waals surface area contributed by atoms with Crippen LogP contribution in [0.15, 0.2) is 24.5 Å². The summed E-state index contributed by atoms with van der Waals surface area (Å²) in [7, 11) is 0. The fourth-order valence-corrected chi connectivity index (χ4v) is 2.20. The summed E-state index contributed by atoms with van der Waals surface area (Å²) in [6.07, 6.45) is 1.36. The van der Waals surface area contributed by atoms with Crippen molar-refractivity contribution in [2.45, 2.75) is 20.4 Å². The second-order valence-corrected chi connectivity index (χ2v) is 4.62. The lowest BCUT2D eigenvalue weighted by Gasteiger charge is -2.08. The summed E-state index contributed by atoms with van der Waals surface area (Å²) in [6, 6.07) is 4.85. The summed E-state index contributed by atoms with van der Waals surface area (Å²) >= 11 is 0. The van der Waals surface area contributed by atoms with Crippen molar-refractivity contribution in [3.63, 3.8) is 0 Å². The SMILES string of the molecule is Cc1n[nH]c(C)c1CNc1ncnc2c(F)cccc12. The molecule has 0 radical (unpaired) electrons. The summed E-state index contributed by atoms with van der Waals surface area (Å²) in [5.41, 5.74) is 3.37. The van der Waals surface area contributed by atoms with Crippen LogP contribution in [-0.2, 0) is 6.54 Å². The van der Waals surface area contributed by atoms with E-state index in [0.717, 1.165) is 17.0 Å². The zero-order valence-electron chi connectivity index (χ0n) is 11.2. The Bertz CT molecular complexity index is 746. The van der Waals surface area contributed by atoms with Gasteiger partial charge in [0.2, 0.25) is 0 Å². The molecule has 0 amide bonds. The van der Waals surface area contributed by atoms with Crippen molar-refractivity contribution in [2.75, 3.05) is 5.32 Å². The third-order valence-electron chi connectivity index (χ3n) is 3.33. The number of halogens is 1. The maximum atomic E-state index is 13.7. The largest absolute Gasteiger partial charge is 0.365 e. The van der Waals surface area contributed by atoms with Crippen LogP contribution in [0.3, 0.4) is 0 Å². The summed E-state index contributed by atoms with van der Waals surface area (Å²) in [6.45, 7) is 4.49. The molecule has 6 heteroatoms. The standard InChI is InChI=1S/C14H14FN5/c1-8-11(9(2)20-19-8)6-16-14-10-4-3-5-12(15)13(10)17-7-18-14/h3-5,7H,6H2,1-2H3,(H,19,20)(H,16,17,18). The van der Waals surface area contributed by atoms with Gasteiger partial charge in [0.05, 0.1) is 5.69 Å². The number of fused-ring (bicyclic) bond motifs is 1. The lowest BCUT2D eigenvalue weighted by molar-refractivity contribution is 0.636. The van der Waals surface area contributed by atoms with E-state index in [9.17, 15) is 4.39 Å². The molecule has 0 saturated carbocycles. The van der Waals surface area contributed by atoms with Gasteiger partial charge in [0, 0.05) is 23.2 Å². The number of aryl methyl sites for hydroxylation is 2. The Kier molecular flexibility index (Phi) is 3.06. The van der Waals surface area contributed by atoms with Gasteiger partial charge in [-0.1, -0.05) is 6.07 Å². The molecule has 3 aromatic rings. The van der Waals surface area contributed by atoms with E-state index < -0.39 is 0 Å². The number of nitrogens with one attached hydrogen (secondary N) is 2. The smallest absolute Gasteiger partial charge is 0.149 e. The van der Waals surface area contributed by atoms with Crippen molar-refractivity contribution < 1.29 is 4.39 Å². The van der Waals surface area contributed by atoms with Gasteiger partial charge in [-0.3, -0.25) is 5.10 Å². The minimum absolute atomic E-state index is 0.325. The van der Waals surface area contributed by atoms with Crippen molar-refractivity contribution in [3.05, 3.63) is 47.3 Å². The number of nitrogens with zero attached hydrogens (tertiary/aromatic N) is 3. The molecule has 2 N–H and O–H groups in total. The number of aromatic amines is 1. The quantitative estimate of drug-likeness (QED) is 0.768. The minimum Gasteiger partial charge on any atom is -0.365 e. The highest BCUT2D eigenvalue weighted by atomic mass is 19.1. The molecule has 0 fully saturated rings. The van der Waals surface area contributed by atoms with Crippen LogP contribution in [0.5, 0.6) is 0 Å². The monoisotopic (exact) mass is 271 g/mol. The molecule has 1 aromatic carbocycles. The fourth-order valence-electron chi connectivity index (χ4n) is 2.20. The first-order valence-electron chi connectivity index (χ1n) is 6.30. The molecule has 0 aliphatic carbocycles. The molecule has 3 rings (SSSR count). The van der Waals surface area contributed by atoms with Crippen molar-refractivity contribution in [2.24, 2.45) is 0 Å². The first-order valence-corrected chi connectivity index (χ1v) is 6.30. The maximum absolute atomic E-state index is 13.7. The van der Waals surface area contributed by atoms with Gasteiger partial charge < -0.3 is 5.32 Å². The van der Waals surface area contributed by atoms with E-state index in [1.54, 1.807) is 12.1 Å². The Morgan fingerprint density at radius 2 is 2.10 bits per heavy atom. The predicted molar refractivity (Wildman–Crippen MR) is 74.9 cm³/mol. The second kappa shape index (κ2) is 4.88. The average molecular weight is 271 g/mol. The molecule has 0 aliphatic rings. The first kappa shape index (κ1) is 12.5. The Morgan fingerprint density at radius 3 is 2.85 bits per heavy atom. The summed E-state index contributed by atoms with van der Waals surface area (Å²) in [5.74, 6) is 0.276. The molecular formula is C14H14FN5. The number of para-hydroxylation sites is 1. The van der Waals surface area contributed by atoms with Gasteiger partial charge in [0.25, 0.3) is 0 Å². The lowest BCUT2D eigenvalue weighted by Crippen LogP contribution is -2.04. The topological polar surface area (TPSA) is 66.5 Å². The van der Waals surface area contributed by atoms with E-state index in [2.05, 4.69) is 25.5 Å². The third-order valence-corrected chi connectivity index (χ3v) is 3.33. The van der Waals surface area contributed by atoms with Gasteiger partial charge in [-0.15, -0.1) is 0 Å². The highest BCUT2D eigenvalue weighted by Gasteiger charge is 2.09. The maximum Gasteiger partial charge on any atom is 0.149 e. The Balaban J connectivity index is 1.94. The molecule has 20 heavy (non-hydrogen) atoms. The molecule has 2 aromatic heterocycles. The van der Waals surface area contributed by atoms with Crippen LogP contribution in [0.1, 0.15) is 17.0 Å². The molecule has 2 heterocycles. The van der Waals surface area contributed by atoms with E-state index >= 15 is 0 Å². The summed E-state index contributed by atoms with van der Waals surface area (Å²) in [4.78, 5) is 8.16. The molecule has 0 spiro atoms. The Labute approximate surface area is 115 Å². The fraction of sp³-hybridized carbons (Fsp3) is 0.214. The van der Waals surface area contributed by atoms with Gasteiger partial charge in [0.15, 0.2) is 0 Å². The summed E-state index contributed by atoms with van der Waals surface area (Å²) < 4.78 is 13.7. The number of hydrogen-bond acceptors (Lipinski definition) is 4. The molecule has 0 bridgehead atoms. The highest BCUT2D eigenvalue weighted by Crippen LogP contribution is 2.22. The van der Waals surface area contributed by atoms with Crippen molar-refractivity contribution in [3.8, 4) is 0 Å². The van der Waals surface area contributed by atoms with Crippen molar-refractivity contribution in [1.82, 2.24) is 20.2 Å². The average Bonchev–Trinajstić information content (AvgIpc) is 2.76. The summed E-state index contributed by atoms with van der Waals surface area (Å²) in [5, 5.41) is 11.0. The third kappa shape index (κ3) is 2.09. The zero-order chi connectivity index (χ0) is 14.1. The molecular weight excluding hydrogens is 257 g/mol. The van der Waals surface area contributed by atoms with Gasteiger partial charge in [0.1, 0.15) is 23.5 Å². The number of anilines is 1. The van der Waals surface area contributed by atoms with E-state index in [4.69, 9.17) is 0 Å². The molecule has 102 valence electrons. The lowest BCUT2D eigenvalue weighted by atomic mass is 10.2. The Morgan fingerprint density at radius 1 is 1.25 bits per heavy atom. The molecule has 5 nitrogen and oxygen atoms in total. The number of hydrogen-bond donors (Lipinski definition) is 2. The number of benzene rings is 1. The zero-order valence-corrected chi connectivity index (χ0v) is 11.2. The van der Waals surface area contributed by atoms with Gasteiger partial charge in [-0.2, -0.15) is 5.10 Å². The van der Waals surface area contributed by atoms with Crippen molar-refractivity contribution in [1.29, 1.82) is 0 Å². The Hall–Kier alpha value is -2.50. The van der Waals surface area contributed by atoms with Crippen molar-refractivity contribution >= 4 is 16.7 Å². The highest BCUT2D eigenvalue weighted by molar-refractivity contribution is 5.89. The van der Waals surface area contributed by atoms with Crippen LogP contribution >= 0.6 is 0 Å². The molecule has 0 atom stereocenters.